The van der Waals surface area contributed by atoms with E-state index in [-0.39, 0.29) is 5.91 Å². The molecule has 0 saturated heterocycles. The summed E-state index contributed by atoms with van der Waals surface area (Å²) in [7, 11) is 1.51. The molecule has 0 fully saturated rings. The number of anilines is 1. The fraction of sp³-hybridized carbons (Fsp3) is 0.0769. The fourth-order valence-corrected chi connectivity index (χ4v) is 3.45. The van der Waals surface area contributed by atoms with Crippen molar-refractivity contribution in [3.63, 3.8) is 0 Å². The Balaban J connectivity index is 2.29. The standard InChI is InChI=1S/C13H8Br2N2O2S/c1-19-10-3-2-7(6-16)4-9(10)17-13(18)11-5-8(14)12(15)20-11/h2-5H,1H3,(H,17,18). The van der Waals surface area contributed by atoms with Crippen LogP contribution in [-0.2, 0) is 0 Å². The van der Waals surface area contributed by atoms with Crippen LogP contribution < -0.4 is 10.1 Å². The van der Waals surface area contributed by atoms with E-state index in [0.29, 0.717) is 21.9 Å². The number of nitrogens with zero attached hydrogens (tertiary/aromatic N) is 1. The molecule has 1 heterocycles. The van der Waals surface area contributed by atoms with E-state index in [0.717, 1.165) is 8.26 Å². The minimum atomic E-state index is -0.255. The van der Waals surface area contributed by atoms with Crippen LogP contribution in [0.5, 0.6) is 5.75 Å². The summed E-state index contributed by atoms with van der Waals surface area (Å²) >= 11 is 8.00. The van der Waals surface area contributed by atoms with Crippen molar-refractivity contribution in [3.8, 4) is 11.8 Å². The molecule has 1 N–H and O–H groups in total. The van der Waals surface area contributed by atoms with E-state index in [1.165, 1.54) is 18.4 Å². The minimum absolute atomic E-state index is 0.255. The molecule has 0 atom stereocenters. The lowest BCUT2D eigenvalue weighted by atomic mass is 10.2. The van der Waals surface area contributed by atoms with Crippen molar-refractivity contribution in [2.75, 3.05) is 12.4 Å². The highest BCUT2D eigenvalue weighted by molar-refractivity contribution is 9.13. The topological polar surface area (TPSA) is 62.1 Å². The van der Waals surface area contributed by atoms with Gasteiger partial charge in [0.15, 0.2) is 0 Å². The van der Waals surface area contributed by atoms with Crippen LogP contribution in [0.2, 0.25) is 0 Å². The Labute approximate surface area is 136 Å². The Morgan fingerprint density at radius 1 is 1.40 bits per heavy atom. The summed E-state index contributed by atoms with van der Waals surface area (Å²) in [4.78, 5) is 12.7. The average Bonchev–Trinajstić information content (AvgIpc) is 2.78. The van der Waals surface area contributed by atoms with Gasteiger partial charge < -0.3 is 10.1 Å². The van der Waals surface area contributed by atoms with Crippen LogP contribution in [-0.4, -0.2) is 13.0 Å². The Kier molecular flexibility index (Phi) is 4.81. The molecule has 0 unspecified atom stereocenters. The third kappa shape index (κ3) is 3.20. The molecule has 1 amide bonds. The molecule has 2 rings (SSSR count). The summed E-state index contributed by atoms with van der Waals surface area (Å²) in [6.45, 7) is 0. The van der Waals surface area contributed by atoms with Crippen molar-refractivity contribution >= 4 is 54.8 Å². The van der Waals surface area contributed by atoms with Gasteiger partial charge in [-0.25, -0.2) is 0 Å². The Morgan fingerprint density at radius 3 is 2.70 bits per heavy atom. The van der Waals surface area contributed by atoms with Gasteiger partial charge in [-0.05, 0) is 56.1 Å². The highest BCUT2D eigenvalue weighted by Gasteiger charge is 2.14. The second-order valence-corrected chi connectivity index (χ2v) is 6.94. The Hall–Kier alpha value is -1.36. The quantitative estimate of drug-likeness (QED) is 0.807. The molecule has 7 heteroatoms. The van der Waals surface area contributed by atoms with Crippen LogP contribution in [0.3, 0.4) is 0 Å². The van der Waals surface area contributed by atoms with Gasteiger partial charge in [-0.1, -0.05) is 0 Å². The molecule has 1 aromatic heterocycles. The van der Waals surface area contributed by atoms with E-state index in [4.69, 9.17) is 10.00 Å². The van der Waals surface area contributed by atoms with Crippen molar-refractivity contribution in [3.05, 3.63) is 43.0 Å². The first-order valence-corrected chi connectivity index (χ1v) is 7.79. The summed E-state index contributed by atoms with van der Waals surface area (Å²) in [5.41, 5.74) is 0.923. The van der Waals surface area contributed by atoms with E-state index in [1.54, 1.807) is 24.3 Å². The first-order chi connectivity index (χ1) is 9.55. The van der Waals surface area contributed by atoms with Gasteiger partial charge in [0.05, 0.1) is 33.1 Å². The third-order valence-corrected chi connectivity index (χ3v) is 5.70. The lowest BCUT2D eigenvalue weighted by Gasteiger charge is -2.09. The molecule has 102 valence electrons. The van der Waals surface area contributed by atoms with Gasteiger partial charge in [-0.3, -0.25) is 4.79 Å². The lowest BCUT2D eigenvalue weighted by molar-refractivity contribution is 0.103. The zero-order valence-corrected chi connectivity index (χ0v) is 14.2. The number of nitriles is 1. The number of amides is 1. The molecule has 0 spiro atoms. The highest BCUT2D eigenvalue weighted by atomic mass is 79.9. The smallest absolute Gasteiger partial charge is 0.265 e. The highest BCUT2D eigenvalue weighted by Crippen LogP contribution is 2.33. The number of halogens is 2. The van der Waals surface area contributed by atoms with Crippen molar-refractivity contribution in [2.24, 2.45) is 0 Å². The maximum absolute atomic E-state index is 12.2. The van der Waals surface area contributed by atoms with Gasteiger partial charge in [0, 0.05) is 4.47 Å². The van der Waals surface area contributed by atoms with Crippen LogP contribution in [0.1, 0.15) is 15.2 Å². The number of hydrogen-bond acceptors (Lipinski definition) is 4. The van der Waals surface area contributed by atoms with Gasteiger partial charge in [0.25, 0.3) is 5.91 Å². The van der Waals surface area contributed by atoms with E-state index in [9.17, 15) is 4.79 Å². The Morgan fingerprint density at radius 2 is 2.15 bits per heavy atom. The number of benzene rings is 1. The van der Waals surface area contributed by atoms with Crippen molar-refractivity contribution in [1.29, 1.82) is 5.26 Å². The SMILES string of the molecule is COc1ccc(C#N)cc1NC(=O)c1cc(Br)c(Br)s1. The number of methoxy groups -OCH3 is 1. The molecule has 0 saturated carbocycles. The summed E-state index contributed by atoms with van der Waals surface area (Å²) in [5, 5.41) is 11.6. The predicted molar refractivity (Wildman–Crippen MR) is 85.4 cm³/mol. The first-order valence-electron chi connectivity index (χ1n) is 5.39. The zero-order chi connectivity index (χ0) is 14.7. The second-order valence-electron chi connectivity index (χ2n) is 3.71. The third-order valence-electron chi connectivity index (χ3n) is 2.45. The molecule has 0 radical (unpaired) electrons. The van der Waals surface area contributed by atoms with E-state index in [2.05, 4.69) is 37.2 Å². The van der Waals surface area contributed by atoms with Crippen LogP contribution in [0.25, 0.3) is 0 Å². The number of hydrogen-bond donors (Lipinski definition) is 1. The molecular formula is C13H8Br2N2O2S. The van der Waals surface area contributed by atoms with E-state index < -0.39 is 0 Å². The molecule has 0 aliphatic heterocycles. The monoisotopic (exact) mass is 414 g/mol. The van der Waals surface area contributed by atoms with Gasteiger partial charge in [-0.2, -0.15) is 5.26 Å². The number of carbonyl (C=O) groups excluding carboxylic acids is 1. The van der Waals surface area contributed by atoms with Crippen LogP contribution in [0, 0.1) is 11.3 Å². The summed E-state index contributed by atoms with van der Waals surface area (Å²) in [5.74, 6) is 0.252. The number of nitrogens with one attached hydrogen (secondary N) is 1. The minimum Gasteiger partial charge on any atom is -0.495 e. The lowest BCUT2D eigenvalue weighted by Crippen LogP contribution is -2.11. The largest absolute Gasteiger partial charge is 0.495 e. The number of carbonyl (C=O) groups is 1. The molecule has 2 aromatic rings. The van der Waals surface area contributed by atoms with Gasteiger partial charge in [0.2, 0.25) is 0 Å². The van der Waals surface area contributed by atoms with Gasteiger partial charge in [-0.15, -0.1) is 11.3 Å². The maximum Gasteiger partial charge on any atom is 0.265 e. The summed E-state index contributed by atoms with van der Waals surface area (Å²) < 4.78 is 6.84. The maximum atomic E-state index is 12.2. The number of thiophene rings is 1. The molecular weight excluding hydrogens is 408 g/mol. The van der Waals surface area contributed by atoms with Gasteiger partial charge >= 0.3 is 0 Å². The van der Waals surface area contributed by atoms with Crippen molar-refractivity contribution in [1.82, 2.24) is 0 Å². The molecule has 1 aromatic carbocycles. The van der Waals surface area contributed by atoms with E-state index in [1.807, 2.05) is 6.07 Å². The molecule has 4 nitrogen and oxygen atoms in total. The zero-order valence-electron chi connectivity index (χ0n) is 10.2. The molecule has 0 aliphatic carbocycles. The van der Waals surface area contributed by atoms with Crippen LogP contribution in [0.15, 0.2) is 32.5 Å². The number of rotatable bonds is 3. The van der Waals surface area contributed by atoms with Crippen molar-refractivity contribution in [2.45, 2.75) is 0 Å². The van der Waals surface area contributed by atoms with Gasteiger partial charge in [0.1, 0.15) is 5.75 Å². The average molecular weight is 416 g/mol. The first kappa shape index (κ1) is 15.0. The van der Waals surface area contributed by atoms with Crippen molar-refractivity contribution < 1.29 is 9.53 Å². The molecule has 0 aliphatic rings. The van der Waals surface area contributed by atoms with E-state index >= 15 is 0 Å². The number of ether oxygens (including phenoxy) is 1. The molecule has 0 bridgehead atoms. The van der Waals surface area contributed by atoms with Crippen LogP contribution >= 0.6 is 43.2 Å². The fourth-order valence-electron chi connectivity index (χ4n) is 1.52. The van der Waals surface area contributed by atoms with Crippen LogP contribution in [0.4, 0.5) is 5.69 Å². The second kappa shape index (κ2) is 6.39. The summed E-state index contributed by atoms with van der Waals surface area (Å²) in [6, 6.07) is 8.61. The molecule has 20 heavy (non-hydrogen) atoms. The predicted octanol–water partition coefficient (Wildman–Crippen LogP) is 4.41. The normalized spacial score (nSPS) is 9.90. The Bertz CT molecular complexity index is 687. The summed E-state index contributed by atoms with van der Waals surface area (Å²) in [6.07, 6.45) is 0.